The maximum absolute atomic E-state index is 6.46. The Hall–Kier alpha value is -6.16. The molecule has 0 unspecified atom stereocenters. The van der Waals surface area contributed by atoms with Crippen LogP contribution in [0.3, 0.4) is 0 Å². The van der Waals surface area contributed by atoms with E-state index in [4.69, 9.17) is 4.42 Å². The second-order valence-corrected chi connectivity index (χ2v) is 13.5. The molecule has 0 fully saturated rings. The van der Waals surface area contributed by atoms with Crippen LogP contribution in [0.15, 0.2) is 180 Å². The molecule has 0 aliphatic rings. The summed E-state index contributed by atoms with van der Waals surface area (Å²) in [6, 6.07) is 63.2. The summed E-state index contributed by atoms with van der Waals surface area (Å²) >= 11 is 1.87. The summed E-state index contributed by atoms with van der Waals surface area (Å²) in [5.74, 6) is 0. The average molecular weight is 644 g/mol. The highest BCUT2D eigenvalue weighted by Gasteiger charge is 2.21. The fraction of sp³-hybridized carbons (Fsp3) is 0. The van der Waals surface area contributed by atoms with Gasteiger partial charge in [0.1, 0.15) is 11.2 Å². The normalized spacial score (nSPS) is 11.7. The van der Waals surface area contributed by atoms with Crippen LogP contribution in [0, 0.1) is 0 Å². The van der Waals surface area contributed by atoms with Crippen molar-refractivity contribution in [3.63, 3.8) is 0 Å². The molecule has 49 heavy (non-hydrogen) atoms. The van der Waals surface area contributed by atoms with E-state index in [1.54, 1.807) is 0 Å². The lowest BCUT2D eigenvalue weighted by atomic mass is 9.93. The van der Waals surface area contributed by atoms with Crippen molar-refractivity contribution in [3.8, 4) is 22.3 Å². The molecule has 2 nitrogen and oxygen atoms in total. The Morgan fingerprint density at radius 1 is 0.429 bits per heavy atom. The molecule has 10 rings (SSSR count). The number of furan rings is 1. The van der Waals surface area contributed by atoms with Crippen molar-refractivity contribution in [1.29, 1.82) is 0 Å². The second-order valence-electron chi connectivity index (χ2n) is 12.5. The van der Waals surface area contributed by atoms with E-state index in [0.717, 1.165) is 39.0 Å². The summed E-state index contributed by atoms with van der Waals surface area (Å²) < 4.78 is 9.06. The second kappa shape index (κ2) is 11.2. The number of hydrogen-bond donors (Lipinski definition) is 0. The lowest BCUT2D eigenvalue weighted by Crippen LogP contribution is -2.11. The standard InChI is InChI=1S/C46H29NOS/c1-3-12-30(13-4-1)35-26-23-33(28-40(35)31-14-5-2-6-15-31)47(34-24-27-37-36-17-7-9-20-42(36)48-43(37)29-34)41-19-11-16-32-22-25-39-38-18-8-10-21-44(38)49-46(39)45(32)41/h1-29H. The predicted octanol–water partition coefficient (Wildman–Crippen LogP) is 13.9. The lowest BCUT2D eigenvalue weighted by Gasteiger charge is -2.28. The summed E-state index contributed by atoms with van der Waals surface area (Å²) in [5.41, 5.74) is 9.80. The molecule has 0 aliphatic heterocycles. The zero-order valence-corrected chi connectivity index (χ0v) is 27.3. The number of nitrogens with zero attached hydrogens (tertiary/aromatic N) is 1. The molecule has 0 aliphatic carbocycles. The van der Waals surface area contributed by atoms with E-state index >= 15 is 0 Å². The predicted molar refractivity (Wildman–Crippen MR) is 210 cm³/mol. The molecule has 0 radical (unpaired) electrons. The fourth-order valence-electron chi connectivity index (χ4n) is 7.40. The van der Waals surface area contributed by atoms with Crippen LogP contribution in [0.4, 0.5) is 17.1 Å². The number of thiophene rings is 1. The number of para-hydroxylation sites is 1. The number of rotatable bonds is 5. The largest absolute Gasteiger partial charge is 0.456 e. The van der Waals surface area contributed by atoms with Crippen LogP contribution in [0.25, 0.3) is 75.1 Å². The van der Waals surface area contributed by atoms with Crippen LogP contribution in [0.1, 0.15) is 0 Å². The number of fused-ring (bicyclic) bond motifs is 8. The van der Waals surface area contributed by atoms with Crippen LogP contribution in [-0.4, -0.2) is 0 Å². The minimum atomic E-state index is 0.875. The number of hydrogen-bond acceptors (Lipinski definition) is 3. The van der Waals surface area contributed by atoms with E-state index in [1.165, 1.54) is 53.2 Å². The average Bonchev–Trinajstić information content (AvgIpc) is 3.74. The Labute approximate surface area is 287 Å². The molecular formula is C46H29NOS. The molecular weight excluding hydrogens is 615 g/mol. The van der Waals surface area contributed by atoms with Crippen molar-refractivity contribution in [3.05, 3.63) is 176 Å². The molecule has 0 atom stereocenters. The maximum Gasteiger partial charge on any atom is 0.137 e. The van der Waals surface area contributed by atoms with Gasteiger partial charge in [-0.1, -0.05) is 127 Å². The monoisotopic (exact) mass is 643 g/mol. The van der Waals surface area contributed by atoms with Crippen molar-refractivity contribution in [2.75, 3.05) is 4.90 Å². The Balaban J connectivity index is 1.28. The van der Waals surface area contributed by atoms with Crippen molar-refractivity contribution in [1.82, 2.24) is 0 Å². The SMILES string of the molecule is c1ccc(-c2ccc(N(c3ccc4c(c3)oc3ccccc34)c3cccc4ccc5c6ccccc6sc5c34)cc2-c2ccccc2)cc1. The lowest BCUT2D eigenvalue weighted by molar-refractivity contribution is 0.669. The molecule has 0 amide bonds. The van der Waals surface area contributed by atoms with Crippen molar-refractivity contribution < 1.29 is 4.42 Å². The number of anilines is 3. The molecule has 0 N–H and O–H groups in total. The minimum Gasteiger partial charge on any atom is -0.456 e. The third-order valence-electron chi connectivity index (χ3n) is 9.66. The summed E-state index contributed by atoms with van der Waals surface area (Å²) in [6.07, 6.45) is 0. The Morgan fingerprint density at radius 3 is 1.92 bits per heavy atom. The van der Waals surface area contributed by atoms with E-state index in [9.17, 15) is 0 Å². The highest BCUT2D eigenvalue weighted by Crippen LogP contribution is 2.47. The first-order valence-electron chi connectivity index (χ1n) is 16.6. The fourth-order valence-corrected chi connectivity index (χ4v) is 8.66. The Bertz CT molecular complexity index is 2830. The topological polar surface area (TPSA) is 16.4 Å². The summed E-state index contributed by atoms with van der Waals surface area (Å²) in [7, 11) is 0. The molecule has 0 saturated carbocycles. The van der Waals surface area contributed by atoms with Crippen LogP contribution in [-0.2, 0) is 0 Å². The quantitative estimate of drug-likeness (QED) is 0.186. The maximum atomic E-state index is 6.46. The van der Waals surface area contributed by atoms with Gasteiger partial charge in [-0.15, -0.1) is 11.3 Å². The molecule has 2 heterocycles. The van der Waals surface area contributed by atoms with Gasteiger partial charge in [-0.2, -0.15) is 0 Å². The molecule has 10 aromatic rings. The van der Waals surface area contributed by atoms with E-state index in [-0.39, 0.29) is 0 Å². The van der Waals surface area contributed by atoms with Crippen LogP contribution >= 0.6 is 11.3 Å². The van der Waals surface area contributed by atoms with Gasteiger partial charge in [0.05, 0.1) is 5.69 Å². The van der Waals surface area contributed by atoms with Gasteiger partial charge >= 0.3 is 0 Å². The van der Waals surface area contributed by atoms with E-state index < -0.39 is 0 Å². The van der Waals surface area contributed by atoms with E-state index in [0.29, 0.717) is 0 Å². The van der Waals surface area contributed by atoms with Gasteiger partial charge in [0.2, 0.25) is 0 Å². The van der Waals surface area contributed by atoms with Gasteiger partial charge in [0.25, 0.3) is 0 Å². The van der Waals surface area contributed by atoms with Gasteiger partial charge in [0, 0.05) is 53.8 Å². The molecule has 230 valence electrons. The third kappa shape index (κ3) is 4.55. The first-order chi connectivity index (χ1) is 24.3. The Kier molecular flexibility index (Phi) is 6.39. The molecule has 0 bridgehead atoms. The summed E-state index contributed by atoms with van der Waals surface area (Å²) in [6.45, 7) is 0. The van der Waals surface area contributed by atoms with Gasteiger partial charge in [-0.25, -0.2) is 0 Å². The molecule has 0 saturated heterocycles. The van der Waals surface area contributed by atoms with Gasteiger partial charge in [-0.3, -0.25) is 0 Å². The summed E-state index contributed by atoms with van der Waals surface area (Å²) in [5, 5.41) is 7.31. The first-order valence-corrected chi connectivity index (χ1v) is 17.4. The van der Waals surface area contributed by atoms with Gasteiger partial charge < -0.3 is 9.32 Å². The van der Waals surface area contributed by atoms with Crippen LogP contribution < -0.4 is 4.90 Å². The zero-order valence-electron chi connectivity index (χ0n) is 26.5. The van der Waals surface area contributed by atoms with Crippen molar-refractivity contribution >= 4 is 81.3 Å². The van der Waals surface area contributed by atoms with Gasteiger partial charge in [0.15, 0.2) is 0 Å². The van der Waals surface area contributed by atoms with Crippen molar-refractivity contribution in [2.24, 2.45) is 0 Å². The smallest absolute Gasteiger partial charge is 0.137 e. The van der Waals surface area contributed by atoms with Crippen molar-refractivity contribution in [2.45, 2.75) is 0 Å². The highest BCUT2D eigenvalue weighted by atomic mass is 32.1. The zero-order chi connectivity index (χ0) is 32.3. The van der Waals surface area contributed by atoms with E-state index in [2.05, 4.69) is 169 Å². The highest BCUT2D eigenvalue weighted by molar-refractivity contribution is 7.26. The van der Waals surface area contributed by atoms with Crippen LogP contribution in [0.2, 0.25) is 0 Å². The van der Waals surface area contributed by atoms with Gasteiger partial charge in [-0.05, 0) is 70.1 Å². The molecule has 3 heteroatoms. The molecule has 0 spiro atoms. The van der Waals surface area contributed by atoms with E-state index in [1.807, 2.05) is 23.5 Å². The molecule has 2 aromatic heterocycles. The van der Waals surface area contributed by atoms with Crippen LogP contribution in [0.5, 0.6) is 0 Å². The molecule has 8 aromatic carbocycles. The number of benzene rings is 8. The summed E-state index contributed by atoms with van der Waals surface area (Å²) in [4.78, 5) is 2.42. The Morgan fingerprint density at radius 2 is 1.08 bits per heavy atom. The first kappa shape index (κ1) is 27.9. The minimum absolute atomic E-state index is 0.875. The third-order valence-corrected chi connectivity index (χ3v) is 10.9.